The van der Waals surface area contributed by atoms with E-state index >= 15 is 0 Å². The van der Waals surface area contributed by atoms with Crippen LogP contribution in [0.2, 0.25) is 51.9 Å². The van der Waals surface area contributed by atoms with E-state index in [1.165, 1.54) is 0 Å². The van der Waals surface area contributed by atoms with E-state index < -0.39 is 37.5 Å². The molecule has 26 heavy (non-hydrogen) atoms. The lowest BCUT2D eigenvalue weighted by molar-refractivity contribution is -0.177. The lowest BCUT2D eigenvalue weighted by Crippen LogP contribution is -2.52. The van der Waals surface area contributed by atoms with Gasteiger partial charge in [-0.05, 0) is 65.2 Å². The maximum absolute atomic E-state index is 11.6. The maximum Gasteiger partial charge on any atom is 0.335 e. The van der Waals surface area contributed by atoms with E-state index in [1.807, 2.05) is 0 Å². The molecule has 6 nitrogen and oxygen atoms in total. The first-order chi connectivity index (χ1) is 11.7. The van der Waals surface area contributed by atoms with Crippen LogP contribution in [0, 0.1) is 0 Å². The van der Waals surface area contributed by atoms with Crippen molar-refractivity contribution in [3.05, 3.63) is 12.2 Å². The summed E-state index contributed by atoms with van der Waals surface area (Å²) in [5.41, 5.74) is 0.309. The Kier molecular flexibility index (Phi) is 10.8. The fraction of sp³-hybridized carbons (Fsp3) is 0.824. The molecule has 1 atom stereocenters. The van der Waals surface area contributed by atoms with Crippen LogP contribution < -0.4 is 0 Å². The minimum absolute atomic E-state index is 0.113. The highest BCUT2D eigenvalue weighted by molar-refractivity contribution is 6.87. The first kappa shape index (κ1) is 25.7. The molecule has 0 saturated carbocycles. The summed E-state index contributed by atoms with van der Waals surface area (Å²) in [5, 5.41) is 9.11. The fourth-order valence-electron chi connectivity index (χ4n) is 2.53. The lowest BCUT2D eigenvalue weighted by atomic mass is 10.3. The van der Waals surface area contributed by atoms with Crippen molar-refractivity contribution in [3.8, 4) is 0 Å². The van der Waals surface area contributed by atoms with Gasteiger partial charge in [0, 0.05) is 18.6 Å². The maximum atomic E-state index is 11.6. The van der Waals surface area contributed by atoms with Gasteiger partial charge in [0.2, 0.25) is 6.29 Å². The minimum Gasteiger partial charge on any atom is -0.437 e. The summed E-state index contributed by atoms with van der Waals surface area (Å²) >= 11 is 0. The van der Waals surface area contributed by atoms with Crippen LogP contribution in [0.3, 0.4) is 0 Å². The van der Waals surface area contributed by atoms with Crippen molar-refractivity contribution in [2.45, 2.75) is 77.9 Å². The quantitative estimate of drug-likeness (QED) is 0.159. The predicted octanol–water partition coefficient (Wildman–Crippen LogP) is 4.00. The zero-order valence-corrected chi connectivity index (χ0v) is 20.8. The average Bonchev–Trinajstić information content (AvgIpc) is 2.39. The standard InChI is InChI=1S/C17H38O6Si3/c1-15(2)17(19)21-16(11-12-18)20-13-10-14-26(9,22-24(3,4)5)23-25(6,7)8/h16,18H,1,10-14H2,2-9H3. The topological polar surface area (TPSA) is 74.2 Å². The van der Waals surface area contributed by atoms with Crippen LogP contribution in [0.4, 0.5) is 0 Å². The van der Waals surface area contributed by atoms with Gasteiger partial charge in [0.25, 0.3) is 0 Å². The van der Waals surface area contributed by atoms with Crippen LogP contribution in [-0.2, 0) is 22.5 Å². The summed E-state index contributed by atoms with van der Waals surface area (Å²) in [5.74, 6) is -0.508. The van der Waals surface area contributed by atoms with Crippen molar-refractivity contribution in [2.75, 3.05) is 13.2 Å². The molecule has 1 N–H and O–H groups in total. The van der Waals surface area contributed by atoms with Gasteiger partial charge in [0.05, 0.1) is 6.61 Å². The lowest BCUT2D eigenvalue weighted by Gasteiger charge is -2.38. The van der Waals surface area contributed by atoms with Crippen molar-refractivity contribution in [2.24, 2.45) is 0 Å². The summed E-state index contributed by atoms with van der Waals surface area (Å²) in [6.07, 6.45) is 0.238. The molecule has 0 radical (unpaired) electrons. The summed E-state index contributed by atoms with van der Waals surface area (Å²) in [7, 11) is -5.72. The number of hydrogen-bond donors (Lipinski definition) is 1. The largest absolute Gasteiger partial charge is 0.437 e. The summed E-state index contributed by atoms with van der Waals surface area (Å²) < 4.78 is 23.7. The smallest absolute Gasteiger partial charge is 0.335 e. The number of carbonyl (C=O) groups is 1. The van der Waals surface area contributed by atoms with Gasteiger partial charge in [-0.2, -0.15) is 0 Å². The van der Waals surface area contributed by atoms with E-state index in [4.69, 9.17) is 22.8 Å². The number of ether oxygens (including phenoxy) is 2. The van der Waals surface area contributed by atoms with Gasteiger partial charge in [0.1, 0.15) is 0 Å². The second kappa shape index (κ2) is 10.9. The number of aliphatic hydroxyl groups excluding tert-OH is 1. The average molecular weight is 423 g/mol. The van der Waals surface area contributed by atoms with Crippen LogP contribution in [0.15, 0.2) is 12.2 Å². The molecule has 0 aromatic heterocycles. The van der Waals surface area contributed by atoms with E-state index in [0.29, 0.717) is 12.2 Å². The van der Waals surface area contributed by atoms with Crippen LogP contribution in [0.1, 0.15) is 19.8 Å². The SMILES string of the molecule is C=C(C)C(=O)OC(CCO)OCCC[Si](C)(O[Si](C)(C)C)O[Si](C)(C)C. The molecule has 0 spiro atoms. The molecule has 9 heteroatoms. The molecule has 0 aliphatic heterocycles. The Morgan fingerprint density at radius 1 is 1.04 bits per heavy atom. The highest BCUT2D eigenvalue weighted by Crippen LogP contribution is 2.25. The molecule has 0 aromatic carbocycles. The molecule has 0 aliphatic rings. The summed E-state index contributed by atoms with van der Waals surface area (Å²) in [4.78, 5) is 11.6. The molecule has 0 aromatic rings. The summed E-state index contributed by atoms with van der Waals surface area (Å²) in [6, 6.07) is 0.821. The van der Waals surface area contributed by atoms with Crippen molar-refractivity contribution in [1.82, 2.24) is 0 Å². The monoisotopic (exact) mass is 422 g/mol. The molecule has 154 valence electrons. The van der Waals surface area contributed by atoms with Crippen LogP contribution in [0.5, 0.6) is 0 Å². The molecule has 0 aliphatic carbocycles. The highest BCUT2D eigenvalue weighted by Gasteiger charge is 2.39. The Morgan fingerprint density at radius 2 is 1.54 bits per heavy atom. The predicted molar refractivity (Wildman–Crippen MR) is 112 cm³/mol. The van der Waals surface area contributed by atoms with E-state index in [2.05, 4.69) is 52.4 Å². The number of esters is 1. The third kappa shape index (κ3) is 13.0. The molecule has 0 rings (SSSR count). The first-order valence-corrected chi connectivity index (χ1v) is 18.5. The van der Waals surface area contributed by atoms with Crippen LogP contribution >= 0.6 is 0 Å². The molecule has 0 heterocycles. The van der Waals surface area contributed by atoms with Gasteiger partial charge < -0.3 is 22.8 Å². The van der Waals surface area contributed by atoms with Gasteiger partial charge in [-0.3, -0.25) is 0 Å². The number of hydrogen-bond acceptors (Lipinski definition) is 6. The minimum atomic E-state index is -2.29. The second-order valence-electron chi connectivity index (χ2n) is 8.66. The normalized spacial score (nSPS) is 14.2. The van der Waals surface area contributed by atoms with Gasteiger partial charge >= 0.3 is 14.5 Å². The molecule has 0 fully saturated rings. The highest BCUT2D eigenvalue weighted by atomic mass is 28.5. The van der Waals surface area contributed by atoms with Crippen LogP contribution in [0.25, 0.3) is 0 Å². The van der Waals surface area contributed by atoms with Gasteiger partial charge in [-0.1, -0.05) is 6.58 Å². The molecule has 0 saturated heterocycles. The Balaban J connectivity index is 4.67. The zero-order valence-electron chi connectivity index (χ0n) is 17.8. The Bertz CT molecular complexity index is 440. The second-order valence-corrected chi connectivity index (χ2v) is 21.5. The number of rotatable bonds is 13. The molecule has 0 bridgehead atoms. The third-order valence-corrected chi connectivity index (χ3v) is 12.7. The number of aliphatic hydroxyl groups is 1. The van der Waals surface area contributed by atoms with E-state index in [1.54, 1.807) is 6.92 Å². The molecule has 0 amide bonds. The van der Waals surface area contributed by atoms with Crippen molar-refractivity contribution < 1.29 is 27.6 Å². The van der Waals surface area contributed by atoms with E-state index in [9.17, 15) is 4.79 Å². The Hall–Kier alpha value is -0.299. The Labute approximate surface area is 162 Å². The third-order valence-electron chi connectivity index (χ3n) is 3.07. The fourth-order valence-corrected chi connectivity index (χ4v) is 15.0. The van der Waals surface area contributed by atoms with Gasteiger partial charge in [0.15, 0.2) is 16.6 Å². The first-order valence-electron chi connectivity index (χ1n) is 9.17. The molecular formula is C17H38O6Si3. The van der Waals surface area contributed by atoms with Crippen molar-refractivity contribution >= 4 is 31.2 Å². The van der Waals surface area contributed by atoms with E-state index in [-0.39, 0.29) is 13.0 Å². The summed E-state index contributed by atoms with van der Waals surface area (Å²) in [6.45, 7) is 20.6. The number of carbonyl (C=O) groups excluding carboxylic acids is 1. The van der Waals surface area contributed by atoms with Crippen molar-refractivity contribution in [1.29, 1.82) is 0 Å². The van der Waals surface area contributed by atoms with E-state index in [0.717, 1.165) is 12.5 Å². The van der Waals surface area contributed by atoms with Gasteiger partial charge in [-0.25, -0.2) is 4.79 Å². The molecule has 1 unspecified atom stereocenters. The van der Waals surface area contributed by atoms with Gasteiger partial charge in [-0.15, -0.1) is 0 Å². The molecular weight excluding hydrogens is 384 g/mol. The zero-order chi connectivity index (χ0) is 20.6. The van der Waals surface area contributed by atoms with Crippen LogP contribution in [-0.4, -0.2) is 55.8 Å². The Morgan fingerprint density at radius 3 is 1.92 bits per heavy atom. The van der Waals surface area contributed by atoms with Crippen molar-refractivity contribution in [3.63, 3.8) is 0 Å².